The molecular formula is C29H29F2N3O. The van der Waals surface area contributed by atoms with E-state index >= 15 is 0 Å². The molecule has 3 aromatic rings. The zero-order valence-corrected chi connectivity index (χ0v) is 20.2. The number of likely N-dealkylation sites (tertiary alicyclic amines) is 1. The number of aromatic nitrogens is 1. The summed E-state index contributed by atoms with van der Waals surface area (Å²) in [6.45, 7) is 6.28. The maximum absolute atomic E-state index is 14.2. The largest absolute Gasteiger partial charge is 0.298 e. The van der Waals surface area contributed by atoms with Crippen molar-refractivity contribution in [3.05, 3.63) is 99.9 Å². The maximum Gasteiger partial charge on any atom is 0.163 e. The van der Waals surface area contributed by atoms with Gasteiger partial charge < -0.3 is 0 Å². The highest BCUT2D eigenvalue weighted by atomic mass is 19.1. The Morgan fingerprint density at radius 3 is 2.69 bits per heavy atom. The highest BCUT2D eigenvalue weighted by Crippen LogP contribution is 2.36. The lowest BCUT2D eigenvalue weighted by Gasteiger charge is -2.40. The topological polar surface area (TPSA) is 45.6 Å². The van der Waals surface area contributed by atoms with Crippen LogP contribution in [0.15, 0.2) is 59.7 Å². The third kappa shape index (κ3) is 4.94. The van der Waals surface area contributed by atoms with E-state index in [1.54, 1.807) is 6.20 Å². The molecule has 1 fully saturated rings. The van der Waals surface area contributed by atoms with Gasteiger partial charge in [0.1, 0.15) is 11.6 Å². The molecular weight excluding hydrogens is 444 g/mol. The summed E-state index contributed by atoms with van der Waals surface area (Å²) in [7, 11) is 0. The lowest BCUT2D eigenvalue weighted by atomic mass is 9.76. The van der Waals surface area contributed by atoms with Crippen LogP contribution in [0.4, 0.5) is 8.78 Å². The quantitative estimate of drug-likeness (QED) is 0.419. The SMILES string of the molecule is Cc1cc(C2=NCc3ccc(C(=O)CC4(C)CCCN(Cc5c(F)cccc5F)C4)cc32)ccn1. The molecule has 0 N–H and O–H groups in total. The average molecular weight is 474 g/mol. The number of fused-ring (bicyclic) bond motifs is 1. The van der Waals surface area contributed by atoms with Gasteiger partial charge in [0.05, 0.1) is 12.3 Å². The van der Waals surface area contributed by atoms with Crippen LogP contribution in [0.5, 0.6) is 0 Å². The molecule has 6 heteroatoms. The molecule has 0 aliphatic carbocycles. The highest BCUT2D eigenvalue weighted by Gasteiger charge is 2.34. The Morgan fingerprint density at radius 1 is 1.11 bits per heavy atom. The Morgan fingerprint density at radius 2 is 1.91 bits per heavy atom. The van der Waals surface area contributed by atoms with E-state index in [0.717, 1.165) is 47.5 Å². The van der Waals surface area contributed by atoms with Crippen molar-refractivity contribution in [1.82, 2.24) is 9.88 Å². The third-order valence-electron chi connectivity index (χ3n) is 7.16. The van der Waals surface area contributed by atoms with Crippen molar-refractivity contribution in [2.45, 2.75) is 46.2 Å². The molecule has 1 unspecified atom stereocenters. The summed E-state index contributed by atoms with van der Waals surface area (Å²) in [5.74, 6) is -0.951. The van der Waals surface area contributed by atoms with Gasteiger partial charge in [0.15, 0.2) is 5.78 Å². The van der Waals surface area contributed by atoms with Gasteiger partial charge in [-0.2, -0.15) is 0 Å². The lowest BCUT2D eigenvalue weighted by Crippen LogP contribution is -2.42. The molecule has 2 aliphatic heterocycles. The van der Waals surface area contributed by atoms with Gasteiger partial charge in [0.25, 0.3) is 0 Å². The van der Waals surface area contributed by atoms with Crippen LogP contribution >= 0.6 is 0 Å². The zero-order valence-electron chi connectivity index (χ0n) is 20.2. The summed E-state index contributed by atoms with van der Waals surface area (Å²) in [6.07, 6.45) is 3.97. The van der Waals surface area contributed by atoms with E-state index in [0.29, 0.717) is 25.1 Å². The number of halogens is 2. The summed E-state index contributed by atoms with van der Waals surface area (Å²) in [5, 5.41) is 0. The molecule has 1 atom stereocenters. The molecule has 0 bridgehead atoms. The van der Waals surface area contributed by atoms with Crippen molar-refractivity contribution in [2.75, 3.05) is 13.1 Å². The van der Waals surface area contributed by atoms with E-state index in [4.69, 9.17) is 4.99 Å². The predicted octanol–water partition coefficient (Wildman–Crippen LogP) is 5.89. The molecule has 2 aliphatic rings. The van der Waals surface area contributed by atoms with Gasteiger partial charge in [-0.15, -0.1) is 0 Å². The van der Waals surface area contributed by atoms with Crippen molar-refractivity contribution in [3.63, 3.8) is 0 Å². The molecule has 35 heavy (non-hydrogen) atoms. The minimum Gasteiger partial charge on any atom is -0.298 e. The number of Topliss-reactive ketones (excluding diaryl/α,β-unsaturated/α-hetero) is 1. The Balaban J connectivity index is 1.31. The number of carbonyl (C=O) groups is 1. The number of benzene rings is 2. The zero-order chi connectivity index (χ0) is 24.6. The van der Waals surface area contributed by atoms with Crippen LogP contribution in [-0.2, 0) is 13.1 Å². The van der Waals surface area contributed by atoms with E-state index in [2.05, 4.69) is 16.8 Å². The number of pyridine rings is 1. The summed E-state index contributed by atoms with van der Waals surface area (Å²) in [4.78, 5) is 24.5. The highest BCUT2D eigenvalue weighted by molar-refractivity contribution is 6.16. The third-order valence-corrected chi connectivity index (χ3v) is 7.16. The first-order valence-electron chi connectivity index (χ1n) is 12.1. The lowest BCUT2D eigenvalue weighted by molar-refractivity contribution is 0.0696. The molecule has 180 valence electrons. The monoisotopic (exact) mass is 473 g/mol. The first kappa shape index (κ1) is 23.5. The van der Waals surface area contributed by atoms with E-state index in [1.807, 2.05) is 37.3 Å². The van der Waals surface area contributed by atoms with Crippen molar-refractivity contribution in [2.24, 2.45) is 10.4 Å². The molecule has 0 saturated carbocycles. The normalized spacial score (nSPS) is 19.9. The van der Waals surface area contributed by atoms with Crippen molar-refractivity contribution >= 4 is 11.5 Å². The fourth-order valence-corrected chi connectivity index (χ4v) is 5.40. The number of aryl methyl sites for hydroxylation is 1. The molecule has 0 radical (unpaired) electrons. The summed E-state index contributed by atoms with van der Waals surface area (Å²) >= 11 is 0. The number of aliphatic imine (C=N–C) groups is 1. The molecule has 5 rings (SSSR count). The van der Waals surface area contributed by atoms with Gasteiger partial charge in [-0.25, -0.2) is 8.78 Å². The smallest absolute Gasteiger partial charge is 0.163 e. The molecule has 1 aromatic heterocycles. The van der Waals surface area contributed by atoms with E-state index in [-0.39, 0.29) is 23.3 Å². The Bertz CT molecular complexity index is 1300. The van der Waals surface area contributed by atoms with Crippen LogP contribution in [0.3, 0.4) is 0 Å². The first-order valence-corrected chi connectivity index (χ1v) is 12.1. The number of piperidine rings is 1. The van der Waals surface area contributed by atoms with Gasteiger partial charge >= 0.3 is 0 Å². The maximum atomic E-state index is 14.2. The molecule has 4 nitrogen and oxygen atoms in total. The molecule has 3 heterocycles. The number of rotatable bonds is 6. The summed E-state index contributed by atoms with van der Waals surface area (Å²) in [6, 6.07) is 13.8. The van der Waals surface area contributed by atoms with Crippen LogP contribution in [0.25, 0.3) is 0 Å². The van der Waals surface area contributed by atoms with Crippen molar-refractivity contribution < 1.29 is 13.6 Å². The van der Waals surface area contributed by atoms with Gasteiger partial charge in [0.2, 0.25) is 0 Å². The predicted molar refractivity (Wildman–Crippen MR) is 133 cm³/mol. The van der Waals surface area contributed by atoms with Gasteiger partial charge in [-0.3, -0.25) is 19.7 Å². The van der Waals surface area contributed by atoms with Crippen molar-refractivity contribution in [1.29, 1.82) is 0 Å². The standard InChI is InChI=1S/C29H29F2N3O/c1-19-13-21(9-11-32-19)28-23-14-20(7-8-22(23)16-33-28)27(35)15-29(2)10-4-12-34(18-29)17-24-25(30)5-3-6-26(24)31/h3,5-9,11,13-14H,4,10,12,15-18H2,1-2H3. The van der Waals surface area contributed by atoms with E-state index < -0.39 is 11.6 Å². The van der Waals surface area contributed by atoms with Crippen LogP contribution in [0, 0.1) is 24.0 Å². The summed E-state index contributed by atoms with van der Waals surface area (Å²) < 4.78 is 28.4. The molecule has 0 amide bonds. The Kier molecular flexibility index (Phi) is 6.32. The van der Waals surface area contributed by atoms with Gasteiger partial charge in [0, 0.05) is 53.7 Å². The first-order chi connectivity index (χ1) is 16.8. The average Bonchev–Trinajstić information content (AvgIpc) is 3.25. The second-order valence-corrected chi connectivity index (χ2v) is 10.1. The number of ketones is 1. The number of nitrogens with zero attached hydrogens (tertiary/aromatic N) is 3. The summed E-state index contributed by atoms with van der Waals surface area (Å²) in [5.41, 5.74) is 5.49. The fraction of sp³-hybridized carbons (Fsp3) is 0.345. The number of carbonyl (C=O) groups excluding carboxylic acids is 1. The molecule has 2 aromatic carbocycles. The molecule has 0 spiro atoms. The second kappa shape index (κ2) is 9.42. The van der Waals surface area contributed by atoms with Crippen LogP contribution in [0.2, 0.25) is 0 Å². The number of hydrogen-bond donors (Lipinski definition) is 0. The van der Waals surface area contributed by atoms with Crippen LogP contribution < -0.4 is 0 Å². The second-order valence-electron chi connectivity index (χ2n) is 10.1. The van der Waals surface area contributed by atoms with E-state index in [1.165, 1.54) is 18.2 Å². The number of hydrogen-bond acceptors (Lipinski definition) is 4. The molecule has 1 saturated heterocycles. The Hall–Kier alpha value is -3.25. The van der Waals surface area contributed by atoms with Crippen LogP contribution in [-0.4, -0.2) is 34.5 Å². The van der Waals surface area contributed by atoms with Gasteiger partial charge in [-0.05, 0) is 67.6 Å². The van der Waals surface area contributed by atoms with Gasteiger partial charge in [-0.1, -0.05) is 25.1 Å². The minimum absolute atomic E-state index is 0.0892. The fourth-order valence-electron chi connectivity index (χ4n) is 5.40. The van der Waals surface area contributed by atoms with Crippen LogP contribution in [0.1, 0.15) is 64.5 Å². The van der Waals surface area contributed by atoms with E-state index in [9.17, 15) is 13.6 Å². The van der Waals surface area contributed by atoms with Crippen molar-refractivity contribution in [3.8, 4) is 0 Å². The Labute approximate surface area is 204 Å². The minimum atomic E-state index is -0.520.